The molecule has 0 radical (unpaired) electrons. The molecule has 0 unspecified atom stereocenters. The fourth-order valence-corrected chi connectivity index (χ4v) is 8.10. The Kier molecular flexibility index (Phi) is 9.96. The van der Waals surface area contributed by atoms with Gasteiger partial charge in [0.1, 0.15) is 17.1 Å². The third kappa shape index (κ3) is 6.89. The summed E-state index contributed by atoms with van der Waals surface area (Å²) in [4.78, 5) is 66.7. The Morgan fingerprint density at radius 1 is 0.920 bits per heavy atom. The van der Waals surface area contributed by atoms with Crippen LogP contribution in [-0.2, 0) is 4.79 Å². The first-order chi connectivity index (χ1) is 24.2. The van der Waals surface area contributed by atoms with Gasteiger partial charge in [-0.15, -0.1) is 11.6 Å². The zero-order chi connectivity index (χ0) is 34.9. The topological polar surface area (TPSA) is 160 Å². The van der Waals surface area contributed by atoms with Gasteiger partial charge in [-0.25, -0.2) is 0 Å². The van der Waals surface area contributed by atoms with Crippen LogP contribution in [0, 0.1) is 0 Å². The van der Waals surface area contributed by atoms with Gasteiger partial charge in [0.25, 0.3) is 11.8 Å². The van der Waals surface area contributed by atoms with Crippen molar-refractivity contribution in [3.63, 3.8) is 0 Å². The van der Waals surface area contributed by atoms with Crippen molar-refractivity contribution in [2.45, 2.75) is 12.3 Å². The number of aromatic amines is 2. The highest BCUT2D eigenvalue weighted by molar-refractivity contribution is 8.76. The molecule has 2 aromatic heterocycles. The average Bonchev–Trinajstić information content (AvgIpc) is 3.83. The number of anilines is 3. The number of alkyl halides is 1. The quantitative estimate of drug-likeness (QED) is 0.0337. The molecule has 50 heavy (non-hydrogen) atoms. The van der Waals surface area contributed by atoms with Crippen LogP contribution in [0.3, 0.4) is 0 Å². The van der Waals surface area contributed by atoms with Crippen molar-refractivity contribution in [2.75, 3.05) is 40.0 Å². The Bertz CT molecular complexity index is 2280. The maximum Gasteiger partial charge on any atom is 0.391 e. The lowest BCUT2D eigenvalue weighted by molar-refractivity contribution is -0.115. The van der Waals surface area contributed by atoms with E-state index in [2.05, 4.69) is 20.6 Å². The van der Waals surface area contributed by atoms with E-state index in [4.69, 9.17) is 16.1 Å². The second kappa shape index (κ2) is 14.6. The summed E-state index contributed by atoms with van der Waals surface area (Å²) in [5, 5.41) is 8.87. The molecule has 0 spiro atoms. The number of amides is 3. The van der Waals surface area contributed by atoms with Crippen LogP contribution in [0.2, 0.25) is 0 Å². The number of nitrogens with zero attached hydrogens (tertiary/aromatic N) is 1. The van der Waals surface area contributed by atoms with Gasteiger partial charge >= 0.3 is 8.60 Å². The predicted molar refractivity (Wildman–Crippen MR) is 205 cm³/mol. The number of hydrogen-bond acceptors (Lipinski definition) is 8. The van der Waals surface area contributed by atoms with Gasteiger partial charge in [-0.05, 0) is 65.7 Å². The highest BCUT2D eigenvalue weighted by Gasteiger charge is 2.36. The van der Waals surface area contributed by atoms with E-state index in [9.17, 15) is 24.2 Å². The van der Waals surface area contributed by atoms with Crippen LogP contribution in [0.5, 0.6) is 5.75 Å². The molecule has 4 aromatic carbocycles. The van der Waals surface area contributed by atoms with Crippen molar-refractivity contribution in [3.8, 4) is 5.75 Å². The number of benzene rings is 4. The van der Waals surface area contributed by atoms with Crippen molar-refractivity contribution in [1.29, 1.82) is 0 Å². The molecule has 0 fully saturated rings. The second-order valence-corrected chi connectivity index (χ2v) is 15.4. The first-order valence-electron chi connectivity index (χ1n) is 15.5. The Hall–Kier alpha value is -4.23. The van der Waals surface area contributed by atoms with Crippen molar-refractivity contribution in [3.05, 3.63) is 95.8 Å². The fraction of sp³-hybridized carbons (Fsp3) is 0.171. The molecule has 0 aliphatic carbocycles. The van der Waals surface area contributed by atoms with Crippen LogP contribution in [0.25, 0.3) is 32.6 Å². The molecule has 6 N–H and O–H groups in total. The van der Waals surface area contributed by atoms with Gasteiger partial charge in [-0.3, -0.25) is 14.4 Å². The molecule has 1 aliphatic rings. The standard InChI is InChI=1S/C35H31ClN5O6PS2/c1-49-50-11-10-32(42)37-22-6-8-26-19(12-22)14-28(39-26)34(43)38-23-7-9-27-20(13-23)15-29(40-27)35(44)41-18-21(17-36)33-25-5-3-2-4-24(25)31(16-30(33)41)47-48(45)46/h2-9,12-16,21,39-40,45-46H,10-11,17-18H2,1H3,(H,37,42)(H,38,43)/t21-/m1/s1. The Morgan fingerprint density at radius 2 is 1.58 bits per heavy atom. The highest BCUT2D eigenvalue weighted by atomic mass is 35.5. The Morgan fingerprint density at radius 3 is 2.26 bits per heavy atom. The summed E-state index contributed by atoms with van der Waals surface area (Å²) in [5.41, 5.74) is 4.86. The first-order valence-corrected chi connectivity index (χ1v) is 20.0. The van der Waals surface area contributed by atoms with E-state index >= 15 is 0 Å². The number of hydrogen-bond donors (Lipinski definition) is 6. The molecule has 7 rings (SSSR count). The summed E-state index contributed by atoms with van der Waals surface area (Å²) >= 11 is 6.40. The van der Waals surface area contributed by atoms with E-state index < -0.39 is 8.60 Å². The predicted octanol–water partition coefficient (Wildman–Crippen LogP) is 7.97. The monoisotopic (exact) mass is 747 g/mol. The van der Waals surface area contributed by atoms with Crippen LogP contribution in [0.4, 0.5) is 17.1 Å². The van der Waals surface area contributed by atoms with E-state index in [1.165, 1.54) is 0 Å². The summed E-state index contributed by atoms with van der Waals surface area (Å²) in [5.74, 6) is 0.442. The largest absolute Gasteiger partial charge is 0.426 e. The summed E-state index contributed by atoms with van der Waals surface area (Å²) in [6, 6.07) is 23.4. The minimum Gasteiger partial charge on any atom is -0.426 e. The summed E-state index contributed by atoms with van der Waals surface area (Å²) < 4.78 is 5.38. The maximum atomic E-state index is 14.0. The molecule has 3 heterocycles. The van der Waals surface area contributed by atoms with Gasteiger partial charge in [-0.1, -0.05) is 45.9 Å². The van der Waals surface area contributed by atoms with Crippen LogP contribution >= 0.6 is 41.8 Å². The smallest absolute Gasteiger partial charge is 0.391 e. The van der Waals surface area contributed by atoms with Crippen molar-refractivity contribution < 1.29 is 28.7 Å². The molecular weight excluding hydrogens is 717 g/mol. The number of carbonyl (C=O) groups is 3. The van der Waals surface area contributed by atoms with Gasteiger partial charge in [0.05, 0.1) is 5.69 Å². The molecule has 0 saturated carbocycles. The maximum absolute atomic E-state index is 14.0. The van der Waals surface area contributed by atoms with E-state index in [0.717, 1.165) is 33.0 Å². The minimum absolute atomic E-state index is 0.0640. The Labute approximate surface area is 300 Å². The SMILES string of the molecule is CSSCCC(=O)Nc1ccc2[nH]c(C(=O)Nc3ccc4[nH]c(C(=O)N5C[C@@H](CCl)c6c5cc(OP(O)O)c5ccccc65)cc4c3)cc2c1. The van der Waals surface area contributed by atoms with Gasteiger partial charge in [0.15, 0.2) is 0 Å². The number of aromatic nitrogens is 2. The molecule has 256 valence electrons. The van der Waals surface area contributed by atoms with Crippen molar-refractivity contribution in [1.82, 2.24) is 9.97 Å². The van der Waals surface area contributed by atoms with Crippen LogP contribution in [0.1, 0.15) is 38.9 Å². The molecule has 1 aliphatic heterocycles. The van der Waals surface area contributed by atoms with E-state index in [0.29, 0.717) is 52.3 Å². The lowest BCUT2D eigenvalue weighted by Crippen LogP contribution is -2.30. The molecule has 1 atom stereocenters. The zero-order valence-electron chi connectivity index (χ0n) is 26.5. The summed E-state index contributed by atoms with van der Waals surface area (Å²) in [7, 11) is 0.579. The molecule has 11 nitrogen and oxygen atoms in total. The first kappa shape index (κ1) is 34.2. The third-order valence-corrected chi connectivity index (χ3v) is 11.1. The van der Waals surface area contributed by atoms with Crippen molar-refractivity contribution in [2.24, 2.45) is 0 Å². The molecule has 0 saturated heterocycles. The fourth-order valence-electron chi connectivity index (χ4n) is 6.34. The van der Waals surface area contributed by atoms with Gasteiger partial charge in [0.2, 0.25) is 5.91 Å². The third-order valence-electron chi connectivity index (χ3n) is 8.53. The lowest BCUT2D eigenvalue weighted by atomic mass is 9.95. The van der Waals surface area contributed by atoms with E-state index in [1.54, 1.807) is 69.0 Å². The molecule has 6 aromatic rings. The molecule has 3 amide bonds. The van der Waals surface area contributed by atoms with Gasteiger partial charge in [0, 0.05) is 75.1 Å². The normalized spacial score (nSPS) is 14.1. The summed E-state index contributed by atoms with van der Waals surface area (Å²) in [6.45, 7) is 0.338. The zero-order valence-corrected chi connectivity index (χ0v) is 29.8. The number of rotatable bonds is 11. The highest BCUT2D eigenvalue weighted by Crippen LogP contribution is 2.47. The number of fused-ring (bicyclic) bond motifs is 5. The number of nitrogens with one attached hydrogen (secondary N) is 4. The van der Waals surface area contributed by atoms with Crippen LogP contribution < -0.4 is 20.1 Å². The average molecular weight is 748 g/mol. The van der Waals surface area contributed by atoms with Gasteiger partial charge in [-0.2, -0.15) is 0 Å². The number of H-pyrrole nitrogens is 2. The molecule has 0 bridgehead atoms. The summed E-state index contributed by atoms with van der Waals surface area (Å²) in [6.07, 6.45) is 2.39. The molecular formula is C35H31ClN5O6PS2. The molecule has 15 heteroatoms. The Balaban J connectivity index is 1.10. The van der Waals surface area contributed by atoms with Crippen LogP contribution in [-0.4, -0.2) is 61.9 Å². The van der Waals surface area contributed by atoms with Crippen LogP contribution in [0.15, 0.2) is 78.9 Å². The van der Waals surface area contributed by atoms with E-state index in [-0.39, 0.29) is 35.3 Å². The van der Waals surface area contributed by atoms with E-state index in [1.807, 2.05) is 42.7 Å². The lowest BCUT2D eigenvalue weighted by Gasteiger charge is -2.19. The number of carbonyl (C=O) groups excluding carboxylic acids is 3. The minimum atomic E-state index is -2.68. The second-order valence-electron chi connectivity index (χ2n) is 11.7. The van der Waals surface area contributed by atoms with Gasteiger partial charge < -0.3 is 39.8 Å². The number of halogens is 1. The van der Waals surface area contributed by atoms with Crippen molar-refractivity contribution >= 4 is 109 Å².